The van der Waals surface area contributed by atoms with Crippen LogP contribution in [0.2, 0.25) is 0 Å². The zero-order valence-corrected chi connectivity index (χ0v) is 31.2. The molecular formula is C49H32BFN2O2S. The second kappa shape index (κ2) is 11.2. The molecule has 7 aromatic rings. The van der Waals surface area contributed by atoms with Gasteiger partial charge in [0.15, 0.2) is 0 Å². The van der Waals surface area contributed by atoms with Crippen molar-refractivity contribution in [1.82, 2.24) is 0 Å². The number of benzene rings is 6. The van der Waals surface area contributed by atoms with Gasteiger partial charge >= 0.3 is 0 Å². The SMILES string of the molecule is Cc1cc2c3c(c1)N(c1ccccc1)c1c4c(cc5c1B3c1c(cc3c(oc6ccccc63)c1S5)N2c1ccccc1)C1C=CC=C(C2CC=CC=C2F)C1O4. The number of anilines is 6. The first kappa shape index (κ1) is 31.1. The topological polar surface area (TPSA) is 28.9 Å². The van der Waals surface area contributed by atoms with Crippen LogP contribution in [0.3, 0.4) is 0 Å². The van der Waals surface area contributed by atoms with Crippen LogP contribution in [-0.4, -0.2) is 12.8 Å². The highest BCUT2D eigenvalue weighted by molar-refractivity contribution is 8.00. The molecule has 5 heterocycles. The molecule has 0 N–H and O–H groups in total. The van der Waals surface area contributed by atoms with Crippen LogP contribution >= 0.6 is 11.8 Å². The summed E-state index contributed by atoms with van der Waals surface area (Å²) >= 11 is 1.83. The lowest BCUT2D eigenvalue weighted by Crippen LogP contribution is -2.63. The fourth-order valence-electron chi connectivity index (χ4n) is 10.4. The second-order valence-electron chi connectivity index (χ2n) is 15.6. The van der Waals surface area contributed by atoms with E-state index in [1.54, 1.807) is 6.08 Å². The highest BCUT2D eigenvalue weighted by atomic mass is 32.2. The third-order valence-electron chi connectivity index (χ3n) is 12.6. The highest BCUT2D eigenvalue weighted by Crippen LogP contribution is 2.58. The lowest BCUT2D eigenvalue weighted by molar-refractivity contribution is 0.239. The number of halogens is 1. The molecule has 1 aromatic heterocycles. The Labute approximate surface area is 328 Å². The molecule has 0 bridgehead atoms. The lowest BCUT2D eigenvalue weighted by atomic mass is 9.33. The molecule has 0 spiro atoms. The predicted molar refractivity (Wildman–Crippen MR) is 227 cm³/mol. The number of rotatable bonds is 3. The molecule has 3 unspecified atom stereocenters. The molecule has 6 aliphatic rings. The maximum atomic E-state index is 15.6. The minimum absolute atomic E-state index is 0.0446. The minimum atomic E-state index is -0.334. The van der Waals surface area contributed by atoms with Crippen LogP contribution in [0.4, 0.5) is 38.5 Å². The van der Waals surface area contributed by atoms with E-state index >= 15 is 4.39 Å². The first-order valence-electron chi connectivity index (χ1n) is 19.4. The van der Waals surface area contributed by atoms with Gasteiger partial charge in [0.2, 0.25) is 0 Å². The molecule has 7 heteroatoms. The summed E-state index contributed by atoms with van der Waals surface area (Å²) in [5.41, 5.74) is 15.7. The van der Waals surface area contributed by atoms with Gasteiger partial charge in [0.1, 0.15) is 28.8 Å². The summed E-state index contributed by atoms with van der Waals surface area (Å²) in [6.07, 6.45) is 12.3. The summed E-state index contributed by atoms with van der Waals surface area (Å²) in [6.45, 7) is 2.14. The molecule has 0 saturated heterocycles. The summed E-state index contributed by atoms with van der Waals surface area (Å²) in [5.74, 6) is 0.412. The summed E-state index contributed by atoms with van der Waals surface area (Å²) in [5, 5.41) is 2.24. The molecule has 0 radical (unpaired) electrons. The van der Waals surface area contributed by atoms with Crippen LogP contribution < -0.4 is 30.9 Å². The van der Waals surface area contributed by atoms with Crippen LogP contribution in [0, 0.1) is 12.8 Å². The van der Waals surface area contributed by atoms with Crippen LogP contribution in [0.15, 0.2) is 171 Å². The maximum absolute atomic E-state index is 15.6. The quantitative estimate of drug-likeness (QED) is 0.168. The predicted octanol–water partition coefficient (Wildman–Crippen LogP) is 11.2. The normalized spacial score (nSPS) is 20.5. The number of aryl methyl sites for hydroxylation is 1. The molecule has 3 atom stereocenters. The van der Waals surface area contributed by atoms with Gasteiger partial charge in [0.05, 0.1) is 10.6 Å². The van der Waals surface area contributed by atoms with Crippen molar-refractivity contribution in [2.45, 2.75) is 35.2 Å². The van der Waals surface area contributed by atoms with E-state index in [1.165, 1.54) is 43.1 Å². The molecule has 266 valence electrons. The van der Waals surface area contributed by atoms with Crippen molar-refractivity contribution < 1.29 is 13.5 Å². The monoisotopic (exact) mass is 742 g/mol. The lowest BCUT2D eigenvalue weighted by Gasteiger charge is -2.47. The fourth-order valence-corrected chi connectivity index (χ4v) is 11.7. The number of ether oxygens (including phenoxy) is 1. The van der Waals surface area contributed by atoms with E-state index in [0.29, 0.717) is 6.42 Å². The average Bonchev–Trinajstić information content (AvgIpc) is 3.80. The summed E-state index contributed by atoms with van der Waals surface area (Å²) in [4.78, 5) is 7.30. The molecule has 56 heavy (non-hydrogen) atoms. The summed E-state index contributed by atoms with van der Waals surface area (Å²) in [6, 6.07) is 39.4. The average molecular weight is 743 g/mol. The molecule has 0 amide bonds. The minimum Gasteiger partial charge on any atom is -0.483 e. The first-order valence-corrected chi connectivity index (χ1v) is 20.2. The zero-order valence-electron chi connectivity index (χ0n) is 30.4. The number of furan rings is 1. The zero-order chi connectivity index (χ0) is 36.8. The number of hydrogen-bond acceptors (Lipinski definition) is 5. The van der Waals surface area contributed by atoms with Crippen molar-refractivity contribution in [2.24, 2.45) is 5.92 Å². The van der Waals surface area contributed by atoms with Crippen molar-refractivity contribution in [1.29, 1.82) is 0 Å². The number of hydrogen-bond donors (Lipinski definition) is 0. The van der Waals surface area contributed by atoms with Crippen molar-refractivity contribution >= 4 is 90.9 Å². The Morgan fingerprint density at radius 2 is 1.48 bits per heavy atom. The fraction of sp³-hybridized carbons (Fsp3) is 0.102. The van der Waals surface area contributed by atoms with Gasteiger partial charge in [-0.05, 0) is 102 Å². The first-order chi connectivity index (χ1) is 27.6. The Morgan fingerprint density at radius 3 is 2.29 bits per heavy atom. The third kappa shape index (κ3) is 4.00. The Morgan fingerprint density at radius 1 is 0.750 bits per heavy atom. The van der Waals surface area contributed by atoms with Crippen LogP contribution in [0.25, 0.3) is 21.9 Å². The molecule has 13 rings (SSSR count). The Kier molecular flexibility index (Phi) is 6.22. The number of nitrogens with zero attached hydrogens (tertiary/aromatic N) is 2. The number of fused-ring (bicyclic) bond motifs is 8. The molecule has 0 saturated carbocycles. The summed E-state index contributed by atoms with van der Waals surface area (Å²) in [7, 11) is 0. The van der Waals surface area contributed by atoms with Gasteiger partial charge in [0, 0.05) is 61.5 Å². The van der Waals surface area contributed by atoms with Gasteiger partial charge in [0.25, 0.3) is 6.71 Å². The van der Waals surface area contributed by atoms with Gasteiger partial charge in [-0.1, -0.05) is 96.7 Å². The van der Waals surface area contributed by atoms with E-state index in [9.17, 15) is 0 Å². The van der Waals surface area contributed by atoms with Crippen molar-refractivity contribution in [3.05, 3.63) is 168 Å². The Hall–Kier alpha value is -6.18. The van der Waals surface area contributed by atoms with E-state index in [4.69, 9.17) is 9.15 Å². The van der Waals surface area contributed by atoms with E-state index in [2.05, 4.69) is 150 Å². The number of para-hydroxylation sites is 3. The molecular weight excluding hydrogens is 710 g/mol. The standard InChI is InChI=1S/C49H32BFN2O2S/c1-27-23-37-42-38(24-27)53(29-15-6-3-7-16-29)45-44-41(26-35-33-20-12-19-32(46(33)55-47(35)45)30-17-8-10-21-36(30)51)56-49-43(50(42)44)39(52(37)28-13-4-2-5-14-28)25-34-31-18-9-11-22-40(31)54-48(34)49/h2-16,18-26,30,33,46H,17H2,1H3. The Balaban J connectivity index is 1.14. The van der Waals surface area contributed by atoms with Crippen LogP contribution in [-0.2, 0) is 0 Å². The van der Waals surface area contributed by atoms with Crippen molar-refractivity contribution in [2.75, 3.05) is 9.80 Å². The smallest absolute Gasteiger partial charge is 0.255 e. The Bertz CT molecular complexity index is 3020. The molecule has 4 nitrogen and oxygen atoms in total. The van der Waals surface area contributed by atoms with Gasteiger partial charge in [-0.25, -0.2) is 4.39 Å². The van der Waals surface area contributed by atoms with Gasteiger partial charge in [-0.15, -0.1) is 0 Å². The summed E-state index contributed by atoms with van der Waals surface area (Å²) < 4.78 is 29.7. The van der Waals surface area contributed by atoms with Crippen LogP contribution in [0.1, 0.15) is 23.5 Å². The van der Waals surface area contributed by atoms with Gasteiger partial charge in [-0.3, -0.25) is 0 Å². The maximum Gasteiger partial charge on any atom is 0.255 e. The number of allylic oxidation sites excluding steroid dienone is 6. The molecule has 2 aliphatic carbocycles. The molecule has 4 aliphatic heterocycles. The van der Waals surface area contributed by atoms with E-state index in [0.717, 1.165) is 61.6 Å². The van der Waals surface area contributed by atoms with Gasteiger partial charge in [-0.2, -0.15) is 0 Å². The van der Waals surface area contributed by atoms with Crippen molar-refractivity contribution in [3.63, 3.8) is 0 Å². The van der Waals surface area contributed by atoms with E-state index < -0.39 is 0 Å². The highest BCUT2D eigenvalue weighted by Gasteiger charge is 2.52. The van der Waals surface area contributed by atoms with Crippen LogP contribution in [0.5, 0.6) is 5.75 Å². The van der Waals surface area contributed by atoms with Gasteiger partial charge < -0.3 is 19.0 Å². The van der Waals surface area contributed by atoms with Crippen molar-refractivity contribution in [3.8, 4) is 5.75 Å². The third-order valence-corrected chi connectivity index (χ3v) is 13.8. The largest absolute Gasteiger partial charge is 0.483 e. The molecule has 0 fully saturated rings. The second-order valence-corrected chi connectivity index (χ2v) is 16.7. The molecule has 6 aromatic carbocycles. The van der Waals surface area contributed by atoms with E-state index in [1.807, 2.05) is 17.8 Å². The van der Waals surface area contributed by atoms with E-state index in [-0.39, 0.29) is 30.5 Å².